The van der Waals surface area contributed by atoms with Crippen LogP contribution in [0.1, 0.15) is 15.9 Å². The lowest BCUT2D eigenvalue weighted by atomic mass is 10.1. The van der Waals surface area contributed by atoms with Crippen LogP contribution in [0, 0.1) is 6.92 Å². The third-order valence-corrected chi connectivity index (χ3v) is 5.35. The number of rotatable bonds is 7. The Labute approximate surface area is 170 Å². The minimum Gasteiger partial charge on any atom is -0.490 e. The van der Waals surface area contributed by atoms with Crippen molar-refractivity contribution in [3.8, 4) is 5.75 Å². The van der Waals surface area contributed by atoms with Crippen LogP contribution in [0.25, 0.3) is 0 Å². The predicted molar refractivity (Wildman–Crippen MR) is 108 cm³/mol. The van der Waals surface area contributed by atoms with Crippen LogP contribution in [-0.2, 0) is 19.5 Å². The highest BCUT2D eigenvalue weighted by molar-refractivity contribution is 7.89. The van der Waals surface area contributed by atoms with Gasteiger partial charge in [-0.3, -0.25) is 0 Å². The predicted octanol–water partition coefficient (Wildman–Crippen LogP) is 1.71. The van der Waals surface area contributed by atoms with Crippen molar-refractivity contribution < 1.29 is 27.4 Å². The monoisotopic (exact) mass is 420 g/mol. The van der Waals surface area contributed by atoms with Crippen LogP contribution >= 0.6 is 0 Å². The number of primary sulfonamides is 1. The third kappa shape index (κ3) is 5.69. The molecule has 1 aliphatic heterocycles. The number of morpholine rings is 1. The maximum Gasteiger partial charge on any atom is 0.340 e. The van der Waals surface area contributed by atoms with Crippen molar-refractivity contribution >= 4 is 21.7 Å². The molecule has 0 atom stereocenters. The molecule has 156 valence electrons. The van der Waals surface area contributed by atoms with Gasteiger partial charge in [-0.15, -0.1) is 0 Å². The Morgan fingerprint density at radius 2 is 1.90 bits per heavy atom. The van der Waals surface area contributed by atoms with Crippen molar-refractivity contribution in [1.82, 2.24) is 0 Å². The molecule has 8 nitrogen and oxygen atoms in total. The number of benzene rings is 2. The average Bonchev–Trinajstić information content (AvgIpc) is 2.70. The van der Waals surface area contributed by atoms with Gasteiger partial charge in [0.25, 0.3) is 0 Å². The van der Waals surface area contributed by atoms with E-state index in [0.717, 1.165) is 5.56 Å². The fraction of sp³-hybridized carbons (Fsp3) is 0.350. The Kier molecular flexibility index (Phi) is 6.73. The van der Waals surface area contributed by atoms with Crippen LogP contribution in [-0.4, -0.2) is 53.9 Å². The Morgan fingerprint density at radius 3 is 2.59 bits per heavy atom. The van der Waals surface area contributed by atoms with Gasteiger partial charge < -0.3 is 19.1 Å². The van der Waals surface area contributed by atoms with E-state index < -0.39 is 16.0 Å². The fourth-order valence-corrected chi connectivity index (χ4v) is 3.55. The second kappa shape index (κ2) is 9.25. The van der Waals surface area contributed by atoms with E-state index in [1.807, 2.05) is 36.1 Å². The largest absolute Gasteiger partial charge is 0.490 e. The highest BCUT2D eigenvalue weighted by Gasteiger charge is 2.22. The lowest BCUT2D eigenvalue weighted by Crippen LogP contribution is -2.37. The van der Waals surface area contributed by atoms with Gasteiger partial charge in [-0.2, -0.15) is 0 Å². The number of hydrogen-bond acceptors (Lipinski definition) is 7. The normalized spacial score (nSPS) is 14.5. The molecule has 3 rings (SSSR count). The third-order valence-electron chi connectivity index (χ3n) is 4.44. The number of hydrogen-bond donors (Lipinski definition) is 1. The number of sulfonamides is 1. The van der Waals surface area contributed by atoms with E-state index in [1.54, 1.807) is 6.07 Å². The molecule has 2 N–H and O–H groups in total. The van der Waals surface area contributed by atoms with Crippen LogP contribution in [0.2, 0.25) is 0 Å². The second-order valence-electron chi connectivity index (χ2n) is 6.62. The highest BCUT2D eigenvalue weighted by Crippen LogP contribution is 2.25. The van der Waals surface area contributed by atoms with E-state index in [0.29, 0.717) is 37.7 Å². The maximum atomic E-state index is 12.7. The quantitative estimate of drug-likeness (QED) is 0.537. The number of carbonyl (C=O) groups is 1. The summed E-state index contributed by atoms with van der Waals surface area (Å²) in [5.74, 6) is 0.0520. The number of anilines is 1. The molecule has 0 aromatic heterocycles. The highest BCUT2D eigenvalue weighted by atomic mass is 32.2. The van der Waals surface area contributed by atoms with E-state index in [1.165, 1.54) is 12.1 Å². The zero-order chi connectivity index (χ0) is 20.9. The Hall–Kier alpha value is -2.62. The van der Waals surface area contributed by atoms with Crippen LogP contribution in [0.15, 0.2) is 47.4 Å². The van der Waals surface area contributed by atoms with Gasteiger partial charge in [0.2, 0.25) is 10.0 Å². The van der Waals surface area contributed by atoms with Crippen LogP contribution < -0.4 is 14.8 Å². The minimum absolute atomic E-state index is 0.0227. The molecule has 0 amide bonds. The Balaban J connectivity index is 1.71. The van der Waals surface area contributed by atoms with Gasteiger partial charge in [-0.25, -0.2) is 18.4 Å². The number of carbonyl (C=O) groups excluding carboxylic acids is 1. The standard InChI is InChI=1S/C20H24N2O6S/c1-15-3-2-4-16(13-15)27-11-12-28-20(23)18-14-17(29(21,24)25)5-6-19(18)22-7-9-26-10-8-22/h2-6,13-14H,7-12H2,1H3,(H2,21,24,25). The Bertz CT molecular complexity index is 971. The summed E-state index contributed by atoms with van der Waals surface area (Å²) >= 11 is 0. The summed E-state index contributed by atoms with van der Waals surface area (Å²) in [5, 5.41) is 5.22. The number of ether oxygens (including phenoxy) is 3. The number of nitrogens with two attached hydrogens (primary N) is 1. The summed E-state index contributed by atoms with van der Waals surface area (Å²) < 4.78 is 39.7. The molecule has 29 heavy (non-hydrogen) atoms. The molecule has 0 unspecified atom stereocenters. The second-order valence-corrected chi connectivity index (χ2v) is 8.19. The lowest BCUT2D eigenvalue weighted by molar-refractivity contribution is 0.0450. The summed E-state index contributed by atoms with van der Waals surface area (Å²) in [6, 6.07) is 11.8. The molecular weight excluding hydrogens is 396 g/mol. The summed E-state index contributed by atoms with van der Waals surface area (Å²) in [4.78, 5) is 14.5. The minimum atomic E-state index is -3.95. The van der Waals surface area contributed by atoms with E-state index in [-0.39, 0.29) is 23.7 Å². The molecule has 0 bridgehead atoms. The van der Waals surface area contributed by atoms with Crippen molar-refractivity contribution in [3.05, 3.63) is 53.6 Å². The lowest BCUT2D eigenvalue weighted by Gasteiger charge is -2.30. The van der Waals surface area contributed by atoms with Gasteiger partial charge in [0.15, 0.2) is 0 Å². The Morgan fingerprint density at radius 1 is 1.14 bits per heavy atom. The zero-order valence-corrected chi connectivity index (χ0v) is 17.0. The smallest absolute Gasteiger partial charge is 0.340 e. The fourth-order valence-electron chi connectivity index (χ4n) is 3.01. The maximum absolute atomic E-state index is 12.7. The number of aryl methyl sites for hydroxylation is 1. The summed E-state index contributed by atoms with van der Waals surface area (Å²) in [7, 11) is -3.95. The van der Waals surface area contributed by atoms with Gasteiger partial charge in [-0.1, -0.05) is 12.1 Å². The molecule has 0 saturated carbocycles. The summed E-state index contributed by atoms with van der Waals surface area (Å²) in [6.07, 6.45) is 0. The number of nitrogens with zero attached hydrogens (tertiary/aromatic N) is 1. The van der Waals surface area contributed by atoms with Crippen LogP contribution in [0.3, 0.4) is 0 Å². The van der Waals surface area contributed by atoms with Crippen molar-refractivity contribution in [2.45, 2.75) is 11.8 Å². The molecule has 1 saturated heterocycles. The van der Waals surface area contributed by atoms with Gasteiger partial charge in [0.05, 0.1) is 29.4 Å². The SMILES string of the molecule is Cc1cccc(OCCOC(=O)c2cc(S(N)(=O)=O)ccc2N2CCOCC2)c1. The van der Waals surface area contributed by atoms with Gasteiger partial charge >= 0.3 is 5.97 Å². The molecule has 9 heteroatoms. The van der Waals surface area contributed by atoms with Gasteiger partial charge in [0, 0.05) is 13.1 Å². The molecule has 1 aliphatic rings. The van der Waals surface area contributed by atoms with Crippen LogP contribution in [0.4, 0.5) is 5.69 Å². The molecule has 2 aromatic rings. The van der Waals surface area contributed by atoms with Crippen molar-refractivity contribution in [2.75, 3.05) is 44.4 Å². The first-order chi connectivity index (χ1) is 13.8. The molecule has 0 radical (unpaired) electrons. The first-order valence-corrected chi connectivity index (χ1v) is 10.8. The van der Waals surface area contributed by atoms with Crippen molar-refractivity contribution in [2.24, 2.45) is 5.14 Å². The molecule has 2 aromatic carbocycles. The van der Waals surface area contributed by atoms with Crippen molar-refractivity contribution in [1.29, 1.82) is 0 Å². The van der Waals surface area contributed by atoms with E-state index in [2.05, 4.69) is 0 Å². The molecule has 1 heterocycles. The van der Waals surface area contributed by atoms with E-state index in [9.17, 15) is 13.2 Å². The number of esters is 1. The summed E-state index contributed by atoms with van der Waals surface area (Å²) in [5.41, 5.74) is 1.80. The van der Waals surface area contributed by atoms with Gasteiger partial charge in [0.1, 0.15) is 19.0 Å². The molecule has 1 fully saturated rings. The van der Waals surface area contributed by atoms with Gasteiger partial charge in [-0.05, 0) is 42.8 Å². The van der Waals surface area contributed by atoms with E-state index >= 15 is 0 Å². The summed E-state index contributed by atoms with van der Waals surface area (Å²) in [6.45, 7) is 4.38. The topological polar surface area (TPSA) is 108 Å². The average molecular weight is 420 g/mol. The van der Waals surface area contributed by atoms with E-state index in [4.69, 9.17) is 19.3 Å². The first-order valence-electron chi connectivity index (χ1n) is 9.21. The zero-order valence-electron chi connectivity index (χ0n) is 16.2. The molecule has 0 spiro atoms. The molecule has 0 aliphatic carbocycles. The first kappa shape index (κ1) is 21.1. The van der Waals surface area contributed by atoms with Crippen molar-refractivity contribution in [3.63, 3.8) is 0 Å². The molecular formula is C20H24N2O6S. The van der Waals surface area contributed by atoms with Crippen LogP contribution in [0.5, 0.6) is 5.75 Å².